The minimum absolute atomic E-state index is 0.0571. The maximum Gasteiger partial charge on any atom is 0.234 e. The van der Waals surface area contributed by atoms with E-state index in [1.807, 2.05) is 34.6 Å². The number of hydrogen-bond donors (Lipinski definition) is 1. The van der Waals surface area contributed by atoms with Crippen molar-refractivity contribution in [3.63, 3.8) is 0 Å². The van der Waals surface area contributed by atoms with Crippen LogP contribution in [0.25, 0.3) is 0 Å². The zero-order valence-electron chi connectivity index (χ0n) is 13.5. The minimum Gasteiger partial charge on any atom is -0.325 e. The second-order valence-electron chi connectivity index (χ2n) is 5.61. The molecule has 2 rings (SSSR count). The van der Waals surface area contributed by atoms with Crippen molar-refractivity contribution in [3.05, 3.63) is 28.8 Å². The van der Waals surface area contributed by atoms with Crippen LogP contribution in [0.15, 0.2) is 17.3 Å². The molecule has 0 saturated heterocycles. The van der Waals surface area contributed by atoms with E-state index in [0.717, 1.165) is 16.8 Å². The number of tetrazole rings is 1. The van der Waals surface area contributed by atoms with Gasteiger partial charge in [-0.3, -0.25) is 4.79 Å². The summed E-state index contributed by atoms with van der Waals surface area (Å²) in [6.07, 6.45) is 0. The normalized spacial score (nSPS) is 11.0. The minimum atomic E-state index is -0.0571. The van der Waals surface area contributed by atoms with E-state index in [-0.39, 0.29) is 17.7 Å². The van der Waals surface area contributed by atoms with Gasteiger partial charge in [0.2, 0.25) is 11.1 Å². The molecular formula is C15H21N5OS. The van der Waals surface area contributed by atoms with Gasteiger partial charge in [0, 0.05) is 5.69 Å². The fourth-order valence-corrected chi connectivity index (χ4v) is 3.09. The van der Waals surface area contributed by atoms with Crippen LogP contribution < -0.4 is 5.32 Å². The molecule has 0 aliphatic rings. The van der Waals surface area contributed by atoms with Crippen molar-refractivity contribution in [3.8, 4) is 0 Å². The Bertz CT molecular complexity index is 657. The first-order chi connectivity index (χ1) is 10.4. The molecule has 0 saturated carbocycles. The number of thioether (sulfide) groups is 1. The smallest absolute Gasteiger partial charge is 0.234 e. The number of hydrogen-bond acceptors (Lipinski definition) is 5. The van der Waals surface area contributed by atoms with Crippen molar-refractivity contribution in [2.45, 2.75) is 45.8 Å². The van der Waals surface area contributed by atoms with Crippen molar-refractivity contribution in [1.82, 2.24) is 20.2 Å². The number of nitrogens with zero attached hydrogens (tertiary/aromatic N) is 4. The van der Waals surface area contributed by atoms with Gasteiger partial charge in [0.25, 0.3) is 0 Å². The van der Waals surface area contributed by atoms with Crippen LogP contribution in [-0.4, -0.2) is 31.9 Å². The molecule has 6 nitrogen and oxygen atoms in total. The number of carbonyl (C=O) groups excluding carboxylic acids is 1. The molecule has 1 amide bonds. The van der Waals surface area contributed by atoms with Crippen LogP contribution in [-0.2, 0) is 4.79 Å². The SMILES string of the molecule is Cc1cc(C)c(NC(=O)CSc2nnnn2C(C)C)c(C)c1. The van der Waals surface area contributed by atoms with Crippen LogP contribution in [0.5, 0.6) is 0 Å². The van der Waals surface area contributed by atoms with E-state index >= 15 is 0 Å². The van der Waals surface area contributed by atoms with Gasteiger partial charge < -0.3 is 5.32 Å². The molecule has 0 aliphatic carbocycles. The molecule has 7 heteroatoms. The van der Waals surface area contributed by atoms with Crippen molar-refractivity contribution >= 4 is 23.4 Å². The average molecular weight is 319 g/mol. The largest absolute Gasteiger partial charge is 0.325 e. The number of carbonyl (C=O) groups is 1. The lowest BCUT2D eigenvalue weighted by Gasteiger charge is -2.13. The van der Waals surface area contributed by atoms with Crippen molar-refractivity contribution < 1.29 is 4.79 Å². The number of amides is 1. The number of aryl methyl sites for hydroxylation is 3. The van der Waals surface area contributed by atoms with Crippen molar-refractivity contribution in [2.75, 3.05) is 11.1 Å². The summed E-state index contributed by atoms with van der Waals surface area (Å²) < 4.78 is 1.71. The molecule has 0 atom stereocenters. The van der Waals surface area contributed by atoms with Crippen molar-refractivity contribution in [2.24, 2.45) is 0 Å². The first-order valence-corrected chi connectivity index (χ1v) is 8.15. The summed E-state index contributed by atoms with van der Waals surface area (Å²) in [7, 11) is 0. The summed E-state index contributed by atoms with van der Waals surface area (Å²) in [6.45, 7) is 10.1. The molecule has 0 fully saturated rings. The number of anilines is 1. The second-order valence-corrected chi connectivity index (χ2v) is 6.55. The quantitative estimate of drug-likeness (QED) is 0.858. The molecule has 118 valence electrons. The van der Waals surface area contributed by atoms with E-state index in [4.69, 9.17) is 0 Å². The van der Waals surface area contributed by atoms with Gasteiger partial charge in [-0.05, 0) is 56.2 Å². The van der Waals surface area contributed by atoms with Crippen molar-refractivity contribution in [1.29, 1.82) is 0 Å². The third-order valence-electron chi connectivity index (χ3n) is 3.23. The summed E-state index contributed by atoms with van der Waals surface area (Å²) in [4.78, 5) is 12.2. The highest BCUT2D eigenvalue weighted by atomic mass is 32.2. The molecule has 1 N–H and O–H groups in total. The molecule has 2 aromatic rings. The van der Waals surface area contributed by atoms with E-state index in [9.17, 15) is 4.79 Å². The number of benzene rings is 1. The van der Waals surface area contributed by atoms with Crippen LogP contribution in [0.4, 0.5) is 5.69 Å². The fourth-order valence-electron chi connectivity index (χ4n) is 2.29. The Morgan fingerprint density at radius 3 is 2.50 bits per heavy atom. The lowest BCUT2D eigenvalue weighted by Crippen LogP contribution is -2.16. The van der Waals surface area contributed by atoms with Gasteiger partial charge in [0.1, 0.15) is 0 Å². The molecule has 0 bridgehead atoms. The zero-order valence-corrected chi connectivity index (χ0v) is 14.4. The maximum atomic E-state index is 12.2. The average Bonchev–Trinajstić information content (AvgIpc) is 2.89. The van der Waals surface area contributed by atoms with E-state index in [0.29, 0.717) is 5.16 Å². The highest BCUT2D eigenvalue weighted by Crippen LogP contribution is 2.23. The topological polar surface area (TPSA) is 72.7 Å². The third-order valence-corrected chi connectivity index (χ3v) is 4.16. The lowest BCUT2D eigenvalue weighted by atomic mass is 10.1. The van der Waals surface area contributed by atoms with Gasteiger partial charge in [0.15, 0.2) is 0 Å². The van der Waals surface area contributed by atoms with Crippen LogP contribution >= 0.6 is 11.8 Å². The third kappa shape index (κ3) is 3.85. The number of nitrogens with one attached hydrogen (secondary N) is 1. The Hall–Kier alpha value is -1.89. The summed E-state index contributed by atoms with van der Waals surface area (Å²) in [5.41, 5.74) is 4.23. The molecule has 0 radical (unpaired) electrons. The standard InChI is InChI=1S/C15H21N5OS/c1-9(2)20-15(17-18-19-20)22-8-13(21)16-14-11(4)6-10(3)7-12(14)5/h6-7,9H,8H2,1-5H3,(H,16,21). The van der Waals surface area contributed by atoms with Crippen LogP contribution in [0.2, 0.25) is 0 Å². The maximum absolute atomic E-state index is 12.2. The zero-order chi connectivity index (χ0) is 16.3. The highest BCUT2D eigenvalue weighted by Gasteiger charge is 2.13. The molecule has 1 aromatic heterocycles. The Morgan fingerprint density at radius 1 is 1.27 bits per heavy atom. The van der Waals surface area contributed by atoms with Gasteiger partial charge in [0.05, 0.1) is 11.8 Å². The summed E-state index contributed by atoms with van der Waals surface area (Å²) >= 11 is 1.34. The highest BCUT2D eigenvalue weighted by molar-refractivity contribution is 7.99. The predicted molar refractivity (Wildman–Crippen MR) is 88.2 cm³/mol. The lowest BCUT2D eigenvalue weighted by molar-refractivity contribution is -0.113. The summed E-state index contributed by atoms with van der Waals surface area (Å²) in [5.74, 6) is 0.221. The van der Waals surface area contributed by atoms with E-state index in [2.05, 4.69) is 33.0 Å². The second kappa shape index (κ2) is 6.91. The van der Waals surface area contributed by atoms with E-state index in [1.165, 1.54) is 17.3 Å². The molecule has 1 heterocycles. The first kappa shape index (κ1) is 16.5. The Morgan fingerprint density at radius 2 is 1.91 bits per heavy atom. The summed E-state index contributed by atoms with van der Waals surface area (Å²) in [6, 6.07) is 4.30. The van der Waals surface area contributed by atoms with Gasteiger partial charge in [-0.25, -0.2) is 4.68 Å². The molecule has 0 spiro atoms. The fraction of sp³-hybridized carbons (Fsp3) is 0.467. The van der Waals surface area contributed by atoms with E-state index in [1.54, 1.807) is 4.68 Å². The molecule has 0 aliphatic heterocycles. The molecule has 0 unspecified atom stereocenters. The Balaban J connectivity index is 2.01. The summed E-state index contributed by atoms with van der Waals surface area (Å²) in [5, 5.41) is 15.2. The van der Waals surface area contributed by atoms with Gasteiger partial charge in [-0.2, -0.15) is 0 Å². The van der Waals surface area contributed by atoms with Crippen LogP contribution in [0.1, 0.15) is 36.6 Å². The molecule has 22 heavy (non-hydrogen) atoms. The monoisotopic (exact) mass is 319 g/mol. The van der Waals surface area contributed by atoms with Crippen LogP contribution in [0, 0.1) is 20.8 Å². The Labute approximate surface area is 134 Å². The van der Waals surface area contributed by atoms with E-state index < -0.39 is 0 Å². The van der Waals surface area contributed by atoms with Gasteiger partial charge in [-0.1, -0.05) is 29.5 Å². The Kier molecular flexibility index (Phi) is 5.18. The van der Waals surface area contributed by atoms with Crippen LogP contribution in [0.3, 0.4) is 0 Å². The molecular weight excluding hydrogens is 298 g/mol. The first-order valence-electron chi connectivity index (χ1n) is 7.17. The molecule has 1 aromatic carbocycles. The number of aromatic nitrogens is 4. The van der Waals surface area contributed by atoms with Gasteiger partial charge in [-0.15, -0.1) is 5.10 Å². The predicted octanol–water partition coefficient (Wildman–Crippen LogP) is 2.91. The van der Waals surface area contributed by atoms with Gasteiger partial charge >= 0.3 is 0 Å². The number of rotatable bonds is 5.